The molecule has 1 saturated heterocycles. The molecule has 0 radical (unpaired) electrons. The minimum Gasteiger partial charge on any atom is -0.493 e. The van der Waals surface area contributed by atoms with E-state index in [0.717, 1.165) is 28.8 Å². The average molecular weight is 649 g/mol. The third-order valence-electron chi connectivity index (χ3n) is 8.64. The molecule has 6 aromatic rings. The number of fused-ring (bicyclic) bond motifs is 2. The first-order chi connectivity index (χ1) is 22.8. The lowest BCUT2D eigenvalue weighted by Crippen LogP contribution is -2.48. The highest BCUT2D eigenvalue weighted by atomic mass is 32.2. The molecule has 1 aliphatic rings. The topological polar surface area (TPSA) is 113 Å². The van der Waals surface area contributed by atoms with Crippen molar-refractivity contribution in [3.8, 4) is 17.1 Å². The number of hydrogen-bond donors (Lipinski definition) is 1. The number of aromatic nitrogens is 4. The van der Waals surface area contributed by atoms with Crippen LogP contribution in [-0.2, 0) is 16.6 Å². The van der Waals surface area contributed by atoms with Gasteiger partial charge >= 0.3 is 0 Å². The Morgan fingerprint density at radius 1 is 0.894 bits per heavy atom. The Bertz CT molecular complexity index is 2240. The Balaban J connectivity index is 1.22. The first-order valence-electron chi connectivity index (χ1n) is 15.8. The first-order valence-corrected chi connectivity index (χ1v) is 17.3. The fourth-order valence-corrected chi connectivity index (χ4v) is 7.60. The van der Waals surface area contributed by atoms with E-state index < -0.39 is 10.0 Å². The van der Waals surface area contributed by atoms with E-state index in [0.29, 0.717) is 67.1 Å². The van der Waals surface area contributed by atoms with E-state index in [9.17, 15) is 13.2 Å². The summed E-state index contributed by atoms with van der Waals surface area (Å²) in [6.07, 6.45) is 2.52. The monoisotopic (exact) mass is 648 g/mol. The van der Waals surface area contributed by atoms with Crippen molar-refractivity contribution in [2.75, 3.05) is 37.7 Å². The van der Waals surface area contributed by atoms with Crippen LogP contribution >= 0.6 is 0 Å². The molecule has 11 heteroatoms. The van der Waals surface area contributed by atoms with Gasteiger partial charge in [-0.3, -0.25) is 4.79 Å². The van der Waals surface area contributed by atoms with Gasteiger partial charge in [-0.15, -0.1) is 0 Å². The van der Waals surface area contributed by atoms with Crippen LogP contribution in [-0.4, -0.2) is 65.0 Å². The fourth-order valence-electron chi connectivity index (χ4n) is 6.15. The van der Waals surface area contributed by atoms with Crippen molar-refractivity contribution in [2.45, 2.75) is 31.7 Å². The van der Waals surface area contributed by atoms with Crippen molar-refractivity contribution in [2.24, 2.45) is 0 Å². The molecule has 10 nitrogen and oxygen atoms in total. The Kier molecular flexibility index (Phi) is 8.25. The van der Waals surface area contributed by atoms with Gasteiger partial charge in [-0.25, -0.2) is 18.4 Å². The van der Waals surface area contributed by atoms with Gasteiger partial charge in [0.15, 0.2) is 0 Å². The van der Waals surface area contributed by atoms with E-state index in [1.807, 2.05) is 60.0 Å². The molecular weight excluding hydrogens is 613 g/mol. The van der Waals surface area contributed by atoms with Gasteiger partial charge in [0.05, 0.1) is 45.3 Å². The van der Waals surface area contributed by atoms with E-state index in [1.165, 1.54) is 4.31 Å². The number of aryl methyl sites for hydroxylation is 1. The Hall–Kier alpha value is -5.00. The number of anilines is 1. The zero-order valence-corrected chi connectivity index (χ0v) is 27.2. The minimum absolute atomic E-state index is 0.124. The molecule has 0 bridgehead atoms. The molecule has 0 amide bonds. The molecule has 3 heterocycles. The molecule has 2 aromatic heterocycles. The lowest BCUT2D eigenvalue weighted by atomic mass is 10.1. The van der Waals surface area contributed by atoms with Crippen molar-refractivity contribution >= 4 is 37.6 Å². The molecule has 0 aliphatic carbocycles. The van der Waals surface area contributed by atoms with Crippen LogP contribution in [0.2, 0.25) is 0 Å². The van der Waals surface area contributed by atoms with Gasteiger partial charge < -0.3 is 19.2 Å². The van der Waals surface area contributed by atoms with E-state index in [-0.39, 0.29) is 16.3 Å². The Morgan fingerprint density at radius 3 is 2.43 bits per heavy atom. The van der Waals surface area contributed by atoms with Crippen molar-refractivity contribution in [1.82, 2.24) is 23.8 Å². The van der Waals surface area contributed by atoms with Crippen LogP contribution in [0.5, 0.6) is 5.75 Å². The van der Waals surface area contributed by atoms with E-state index in [1.54, 1.807) is 30.6 Å². The molecule has 0 saturated carbocycles. The third kappa shape index (κ3) is 5.99. The second-order valence-electron chi connectivity index (χ2n) is 11.8. The smallest absolute Gasteiger partial charge is 0.259 e. The third-order valence-corrected chi connectivity index (χ3v) is 10.5. The van der Waals surface area contributed by atoms with Gasteiger partial charge in [0.1, 0.15) is 11.6 Å². The lowest BCUT2D eigenvalue weighted by Gasteiger charge is -2.36. The summed E-state index contributed by atoms with van der Waals surface area (Å²) in [5.41, 5.74) is 5.48. The molecule has 0 unspecified atom stereocenters. The van der Waals surface area contributed by atoms with Crippen LogP contribution in [0.15, 0.2) is 101 Å². The van der Waals surface area contributed by atoms with Crippen LogP contribution in [0, 0.1) is 6.92 Å². The fraction of sp³-hybridized carbons (Fsp3) is 0.250. The largest absolute Gasteiger partial charge is 0.493 e. The van der Waals surface area contributed by atoms with Crippen molar-refractivity contribution in [3.63, 3.8) is 0 Å². The molecule has 0 spiro atoms. The number of para-hydroxylation sites is 1. The summed E-state index contributed by atoms with van der Waals surface area (Å²) < 4.78 is 37.4. The molecule has 1 aliphatic heterocycles. The molecule has 47 heavy (non-hydrogen) atoms. The number of aromatic amines is 1. The summed E-state index contributed by atoms with van der Waals surface area (Å²) in [7, 11) is -3.83. The van der Waals surface area contributed by atoms with Gasteiger partial charge in [0.2, 0.25) is 10.0 Å². The number of ether oxygens (including phenoxy) is 1. The standard InChI is InChI=1S/C36H36N6O4S/c1-3-19-46-34-14-13-27(47(44,45)42-17-15-40(16-18-42)32-12-8-7-9-25(32)2)20-29(34)35-38-30-22-31-33(21-28(30)36(43)39-35)41(24-37-31)23-26-10-5-4-6-11-26/h4-14,20-22,24H,3,15-19,23H2,1-2H3,(H,38,39,43). The highest BCUT2D eigenvalue weighted by molar-refractivity contribution is 7.89. The van der Waals surface area contributed by atoms with E-state index >= 15 is 0 Å². The van der Waals surface area contributed by atoms with Gasteiger partial charge in [0, 0.05) is 38.4 Å². The van der Waals surface area contributed by atoms with Crippen LogP contribution in [0.1, 0.15) is 24.5 Å². The van der Waals surface area contributed by atoms with Gasteiger partial charge in [-0.05, 0) is 60.9 Å². The van der Waals surface area contributed by atoms with Gasteiger partial charge in [-0.2, -0.15) is 4.31 Å². The van der Waals surface area contributed by atoms with Crippen molar-refractivity contribution in [3.05, 3.63) is 113 Å². The summed E-state index contributed by atoms with van der Waals surface area (Å²) >= 11 is 0. The summed E-state index contributed by atoms with van der Waals surface area (Å²) in [6, 6.07) is 26.6. The maximum Gasteiger partial charge on any atom is 0.259 e. The molecule has 4 aromatic carbocycles. The summed E-state index contributed by atoms with van der Waals surface area (Å²) in [5, 5.41) is 0.419. The number of sulfonamides is 1. The normalized spacial score (nSPS) is 14.2. The predicted molar refractivity (Wildman–Crippen MR) is 185 cm³/mol. The molecule has 0 atom stereocenters. The number of nitrogens with zero attached hydrogens (tertiary/aromatic N) is 5. The quantitative estimate of drug-likeness (QED) is 0.217. The average Bonchev–Trinajstić information content (AvgIpc) is 3.48. The predicted octanol–water partition coefficient (Wildman–Crippen LogP) is 5.60. The number of benzene rings is 4. The maximum atomic E-state index is 13.9. The van der Waals surface area contributed by atoms with E-state index in [4.69, 9.17) is 9.72 Å². The van der Waals surface area contributed by atoms with Crippen LogP contribution in [0.3, 0.4) is 0 Å². The molecule has 1 fully saturated rings. The number of piperazine rings is 1. The zero-order chi connectivity index (χ0) is 32.5. The van der Waals surface area contributed by atoms with Crippen LogP contribution in [0.4, 0.5) is 5.69 Å². The summed E-state index contributed by atoms with van der Waals surface area (Å²) in [4.78, 5) is 28.2. The van der Waals surface area contributed by atoms with Crippen molar-refractivity contribution < 1.29 is 13.2 Å². The molecular formula is C36H36N6O4S. The zero-order valence-electron chi connectivity index (χ0n) is 26.4. The van der Waals surface area contributed by atoms with Crippen LogP contribution < -0.4 is 15.2 Å². The molecule has 240 valence electrons. The molecule has 1 N–H and O–H groups in total. The summed E-state index contributed by atoms with van der Waals surface area (Å²) in [5.74, 6) is 0.684. The second kappa shape index (κ2) is 12.7. The minimum atomic E-state index is -3.83. The SMILES string of the molecule is CCCOc1ccc(S(=O)(=O)N2CCN(c3ccccc3C)CC2)cc1-c1nc2cc3ncn(Cc4ccccc4)c3cc2c(=O)[nH]1. The number of hydrogen-bond acceptors (Lipinski definition) is 7. The lowest BCUT2D eigenvalue weighted by molar-refractivity contribution is 0.318. The summed E-state index contributed by atoms with van der Waals surface area (Å²) in [6.45, 7) is 7.00. The van der Waals surface area contributed by atoms with E-state index in [2.05, 4.69) is 33.9 Å². The highest BCUT2D eigenvalue weighted by Gasteiger charge is 2.30. The molecule has 7 rings (SSSR count). The van der Waals surface area contributed by atoms with Gasteiger partial charge in [0.25, 0.3) is 5.56 Å². The van der Waals surface area contributed by atoms with Crippen LogP contribution in [0.25, 0.3) is 33.3 Å². The highest BCUT2D eigenvalue weighted by Crippen LogP contribution is 2.33. The maximum absolute atomic E-state index is 13.9. The Labute approximate surface area is 273 Å². The Morgan fingerprint density at radius 2 is 1.66 bits per heavy atom. The second-order valence-corrected chi connectivity index (χ2v) is 13.8. The number of nitrogens with one attached hydrogen (secondary N) is 1. The van der Waals surface area contributed by atoms with Gasteiger partial charge in [-0.1, -0.05) is 55.5 Å². The number of imidazole rings is 1. The first kappa shape index (κ1) is 30.6. The number of rotatable bonds is 9. The number of H-pyrrole nitrogens is 1. The van der Waals surface area contributed by atoms with Crippen molar-refractivity contribution in [1.29, 1.82) is 0 Å².